The summed E-state index contributed by atoms with van der Waals surface area (Å²) in [5.74, 6) is 0. The number of hydrogen-bond acceptors (Lipinski definition) is 0. The maximum atomic E-state index is 3.64. The second kappa shape index (κ2) is 22.4. The molecular weight excluding hydrogens is 327 g/mol. The summed E-state index contributed by atoms with van der Waals surface area (Å²) < 4.78 is 0. The summed E-state index contributed by atoms with van der Waals surface area (Å²) in [5.41, 5.74) is 0. The Kier molecular flexibility index (Phi) is 63.1. The van der Waals surface area contributed by atoms with Crippen molar-refractivity contribution in [1.29, 1.82) is 0 Å². The van der Waals surface area contributed by atoms with Crippen molar-refractivity contribution in [2.45, 2.75) is 19.3 Å². The van der Waals surface area contributed by atoms with E-state index in [9.17, 15) is 0 Å². The van der Waals surface area contributed by atoms with Crippen LogP contribution in [0.3, 0.4) is 0 Å². The van der Waals surface area contributed by atoms with E-state index in [4.69, 9.17) is 0 Å². The van der Waals surface area contributed by atoms with E-state index in [2.05, 4.69) is 13.8 Å². The topological polar surface area (TPSA) is 0 Å². The van der Waals surface area contributed by atoms with Gasteiger partial charge in [-0.15, -0.1) is 6.42 Å². The van der Waals surface area contributed by atoms with E-state index < -0.39 is 0 Å². The molecule has 3 radical (unpaired) electrons. The normalized spacial score (nSPS) is 5.25. The van der Waals surface area contributed by atoms with Crippen molar-refractivity contribution in [1.82, 2.24) is 0 Å². The number of hydrogen-bond donors (Lipinski definition) is 0. The first-order chi connectivity index (χ1) is 2.41. The summed E-state index contributed by atoms with van der Waals surface area (Å²) in [4.78, 5) is 0. The number of rotatable bonds is 2. The van der Waals surface area contributed by atoms with Crippen molar-refractivity contribution in [3.05, 3.63) is 13.8 Å². The molecule has 41 valence electrons. The summed E-state index contributed by atoms with van der Waals surface area (Å²) in [6.07, 6.45) is 3.23. The van der Waals surface area contributed by atoms with E-state index in [0.717, 1.165) is 12.8 Å². The first-order valence-corrected chi connectivity index (χ1v) is 2.00. The van der Waals surface area contributed by atoms with Gasteiger partial charge in [-0.05, 0) is 0 Å². The molecule has 0 aromatic carbocycles. The van der Waals surface area contributed by atoms with Gasteiger partial charge in [-0.2, -0.15) is 12.8 Å². The predicted molar refractivity (Wildman–Crippen MR) is 24.6 cm³/mol. The quantitative estimate of drug-likeness (QED) is 0.675. The fourth-order valence-corrected chi connectivity index (χ4v) is 0.177. The second-order valence-electron chi connectivity index (χ2n) is 1.06. The van der Waals surface area contributed by atoms with Gasteiger partial charge in [0.1, 0.15) is 0 Å². The monoisotopic (exact) mass is 337 g/mol. The van der Waals surface area contributed by atoms with E-state index in [1.165, 1.54) is 6.42 Å². The van der Waals surface area contributed by atoms with Gasteiger partial charge >= 0.3 is 0 Å². The fourth-order valence-electron chi connectivity index (χ4n) is 0.177. The van der Waals surface area contributed by atoms with Crippen LogP contribution in [-0.2, 0) is 98.1 Å². The molecule has 0 aromatic heterocycles. The van der Waals surface area contributed by atoms with E-state index in [1.54, 1.807) is 0 Å². The van der Waals surface area contributed by atoms with E-state index in [1.807, 2.05) is 0 Å². The van der Waals surface area contributed by atoms with Gasteiger partial charge in [-0.25, -0.2) is 0 Å². The van der Waals surface area contributed by atoms with Crippen LogP contribution in [0.1, 0.15) is 19.3 Å². The molecule has 0 rings (SSSR count). The molecule has 0 nitrogen and oxygen atoms in total. The molecule has 0 aromatic rings. The molecule has 0 saturated carbocycles. The molecule has 0 bridgehead atoms. The number of unbranched alkanes of at least 4 members (excludes halogenated alkanes) is 2. The van der Waals surface area contributed by atoms with Crippen molar-refractivity contribution in [2.75, 3.05) is 0 Å². The molecule has 0 aliphatic carbocycles. The summed E-state index contributed by atoms with van der Waals surface area (Å²) in [6, 6.07) is 0. The maximum Gasteiger partial charge on any atom is 0 e. The molecule has 0 N–H and O–H groups in total. The van der Waals surface area contributed by atoms with Gasteiger partial charge in [0.25, 0.3) is 0 Å². The molecule has 3 heteroatoms. The summed E-state index contributed by atoms with van der Waals surface area (Å²) in [5, 5.41) is 0. The van der Waals surface area contributed by atoms with Crippen LogP contribution in [-0.4, -0.2) is 0 Å². The van der Waals surface area contributed by atoms with Crippen LogP contribution < -0.4 is 0 Å². The molecule has 0 fully saturated rings. The Morgan fingerprint density at radius 2 is 1.00 bits per heavy atom. The molecule has 0 spiro atoms. The average molecular weight is 337 g/mol. The van der Waals surface area contributed by atoms with Crippen LogP contribution >= 0.6 is 0 Å². The first-order valence-electron chi connectivity index (χ1n) is 2.00. The van der Waals surface area contributed by atoms with Crippen LogP contribution in [0.15, 0.2) is 0 Å². The maximum absolute atomic E-state index is 3.64. The average Bonchev–Trinajstić information content (AvgIpc) is 1.41. The van der Waals surface area contributed by atoms with Gasteiger partial charge < -0.3 is 13.8 Å². The standard InChI is InChI=1S/C5H10.3Y/c1-3-5-4-2;;;/h1-5H2;;;/q-2;;;. The van der Waals surface area contributed by atoms with Gasteiger partial charge in [0, 0.05) is 98.1 Å². The third kappa shape index (κ3) is 22.8. The Labute approximate surface area is 128 Å². The predicted octanol–water partition coefficient (Wildman–Crippen LogP) is 1.82. The second-order valence-corrected chi connectivity index (χ2v) is 1.06. The summed E-state index contributed by atoms with van der Waals surface area (Å²) in [6.45, 7) is 7.27. The van der Waals surface area contributed by atoms with Gasteiger partial charge in [0.2, 0.25) is 0 Å². The van der Waals surface area contributed by atoms with Gasteiger partial charge in [-0.3, -0.25) is 0 Å². The van der Waals surface area contributed by atoms with Gasteiger partial charge in [0.15, 0.2) is 0 Å². The van der Waals surface area contributed by atoms with Crippen molar-refractivity contribution in [3.8, 4) is 0 Å². The largest absolute Gasteiger partial charge is 0.343 e. The Balaban J connectivity index is -0.0000000267. The minimum atomic E-state index is 0. The zero-order valence-corrected chi connectivity index (χ0v) is 13.8. The van der Waals surface area contributed by atoms with Gasteiger partial charge in [-0.1, -0.05) is 0 Å². The Hall–Kier alpha value is 3.31. The Bertz CT molecular complexity index is 15.1. The zero-order valence-electron chi connectivity index (χ0n) is 5.27. The molecule has 0 heterocycles. The third-order valence-electron chi connectivity index (χ3n) is 0.500. The minimum absolute atomic E-state index is 0. The van der Waals surface area contributed by atoms with E-state index in [-0.39, 0.29) is 98.1 Å². The van der Waals surface area contributed by atoms with Crippen LogP contribution in [0.5, 0.6) is 0 Å². The molecule has 0 aliphatic heterocycles. The van der Waals surface area contributed by atoms with Crippen LogP contribution in [0.25, 0.3) is 0 Å². The van der Waals surface area contributed by atoms with Crippen LogP contribution in [0.2, 0.25) is 0 Å². The van der Waals surface area contributed by atoms with Crippen LogP contribution in [0, 0.1) is 13.8 Å². The Morgan fingerprint density at radius 1 is 0.750 bits per heavy atom. The van der Waals surface area contributed by atoms with E-state index in [0.29, 0.717) is 0 Å². The molecule has 0 aliphatic rings. The molecule has 0 atom stereocenters. The molecular formula is C5H10Y3-2. The van der Waals surface area contributed by atoms with Crippen LogP contribution in [0.4, 0.5) is 0 Å². The third-order valence-corrected chi connectivity index (χ3v) is 0.500. The minimum Gasteiger partial charge on any atom is -0.343 e. The fraction of sp³-hybridized carbons (Fsp3) is 0.600. The van der Waals surface area contributed by atoms with E-state index >= 15 is 0 Å². The Morgan fingerprint density at radius 3 is 1.00 bits per heavy atom. The van der Waals surface area contributed by atoms with Crippen molar-refractivity contribution >= 4 is 0 Å². The molecule has 8 heavy (non-hydrogen) atoms. The smallest absolute Gasteiger partial charge is 0 e. The molecule has 0 unspecified atom stereocenters. The zero-order chi connectivity index (χ0) is 4.12. The molecule has 0 amide bonds. The summed E-state index contributed by atoms with van der Waals surface area (Å²) >= 11 is 0. The van der Waals surface area contributed by atoms with Gasteiger partial charge in [0.05, 0.1) is 0 Å². The summed E-state index contributed by atoms with van der Waals surface area (Å²) in [7, 11) is 0. The first kappa shape index (κ1) is 22.5. The van der Waals surface area contributed by atoms with Crippen molar-refractivity contribution in [3.63, 3.8) is 0 Å². The van der Waals surface area contributed by atoms with Crippen molar-refractivity contribution < 1.29 is 98.1 Å². The SMILES string of the molecule is [CH2-]CCC[CH2-].[Y].[Y].[Y]. The van der Waals surface area contributed by atoms with Crippen molar-refractivity contribution in [2.24, 2.45) is 0 Å². The molecule has 0 saturated heterocycles.